The molecule has 0 fully saturated rings. The van der Waals surface area contributed by atoms with Crippen LogP contribution in [0.4, 0.5) is 0 Å². The monoisotopic (exact) mass is 343 g/mol. The van der Waals surface area contributed by atoms with E-state index < -0.39 is 0 Å². The minimum atomic E-state index is -0.244. The number of benzene rings is 1. The van der Waals surface area contributed by atoms with Gasteiger partial charge in [0.05, 0.1) is 11.1 Å². The smallest absolute Gasteiger partial charge is 0.305 e. The van der Waals surface area contributed by atoms with Gasteiger partial charge >= 0.3 is 5.97 Å². The summed E-state index contributed by atoms with van der Waals surface area (Å²) in [6.45, 7) is 2.52. The molecule has 1 rings (SSSR count). The first-order valence-electron chi connectivity index (χ1n) is 6.43. The summed E-state index contributed by atoms with van der Waals surface area (Å²) >= 11 is 3.33. The number of amides is 1. The average Bonchev–Trinajstić information content (AvgIpc) is 2.43. The van der Waals surface area contributed by atoms with Crippen LogP contribution in [-0.4, -0.2) is 31.6 Å². The lowest BCUT2D eigenvalue weighted by Crippen LogP contribution is -2.30. The van der Waals surface area contributed by atoms with Crippen LogP contribution in [0.15, 0.2) is 28.7 Å². The molecule has 0 heterocycles. The number of para-hydroxylation sites is 1. The van der Waals surface area contributed by atoms with Crippen molar-refractivity contribution in [2.75, 3.05) is 19.8 Å². The molecule has 1 N–H and O–H groups in total. The first-order chi connectivity index (χ1) is 9.63. The van der Waals surface area contributed by atoms with Gasteiger partial charge in [-0.15, -0.1) is 0 Å². The molecular formula is C14H18BrNO4. The number of carbonyl (C=O) groups excluding carboxylic acids is 2. The molecule has 110 valence electrons. The molecule has 0 saturated carbocycles. The van der Waals surface area contributed by atoms with E-state index in [0.29, 0.717) is 31.7 Å². The molecule has 5 nitrogen and oxygen atoms in total. The van der Waals surface area contributed by atoms with Gasteiger partial charge in [0, 0.05) is 13.0 Å². The molecule has 0 atom stereocenters. The SMILES string of the molecule is CCOC(=O)CCCNC(=O)COc1ccccc1Br. The van der Waals surface area contributed by atoms with Gasteiger partial charge in [-0.25, -0.2) is 0 Å². The van der Waals surface area contributed by atoms with Crippen LogP contribution in [0.25, 0.3) is 0 Å². The molecule has 0 aliphatic carbocycles. The molecule has 1 amide bonds. The highest BCUT2D eigenvalue weighted by molar-refractivity contribution is 9.10. The second-order valence-electron chi connectivity index (χ2n) is 3.98. The van der Waals surface area contributed by atoms with Crippen molar-refractivity contribution in [2.45, 2.75) is 19.8 Å². The van der Waals surface area contributed by atoms with E-state index in [4.69, 9.17) is 9.47 Å². The molecule has 0 aliphatic rings. The zero-order valence-electron chi connectivity index (χ0n) is 11.4. The molecule has 0 spiro atoms. The summed E-state index contributed by atoms with van der Waals surface area (Å²) in [6.07, 6.45) is 0.860. The number of hydrogen-bond acceptors (Lipinski definition) is 4. The molecule has 1 aromatic carbocycles. The number of rotatable bonds is 8. The Kier molecular flexibility index (Phi) is 7.72. The maximum absolute atomic E-state index is 11.5. The Morgan fingerprint density at radius 3 is 2.75 bits per heavy atom. The largest absolute Gasteiger partial charge is 0.483 e. The van der Waals surface area contributed by atoms with E-state index in [-0.39, 0.29) is 18.5 Å². The van der Waals surface area contributed by atoms with Gasteiger partial charge in [-0.3, -0.25) is 9.59 Å². The minimum absolute atomic E-state index is 0.0536. The summed E-state index contributed by atoms with van der Waals surface area (Å²) in [7, 11) is 0. The lowest BCUT2D eigenvalue weighted by molar-refractivity contribution is -0.143. The Hall–Kier alpha value is -1.56. The van der Waals surface area contributed by atoms with Gasteiger partial charge in [-0.1, -0.05) is 12.1 Å². The van der Waals surface area contributed by atoms with Gasteiger partial charge in [0.2, 0.25) is 0 Å². The summed E-state index contributed by atoms with van der Waals surface area (Å²) in [5.41, 5.74) is 0. The Morgan fingerprint density at radius 2 is 2.05 bits per heavy atom. The van der Waals surface area contributed by atoms with Crippen molar-refractivity contribution in [1.29, 1.82) is 0 Å². The highest BCUT2D eigenvalue weighted by Crippen LogP contribution is 2.23. The molecule has 0 aliphatic heterocycles. The van der Waals surface area contributed by atoms with Gasteiger partial charge in [0.1, 0.15) is 5.75 Å². The quantitative estimate of drug-likeness (QED) is 0.581. The topological polar surface area (TPSA) is 64.6 Å². The lowest BCUT2D eigenvalue weighted by Gasteiger charge is -2.08. The second-order valence-corrected chi connectivity index (χ2v) is 4.83. The standard InChI is InChI=1S/C14H18BrNO4/c1-2-19-14(18)8-5-9-16-13(17)10-20-12-7-4-3-6-11(12)15/h3-4,6-7H,2,5,8-10H2,1H3,(H,16,17). The Bertz CT molecular complexity index is 451. The number of ether oxygens (including phenoxy) is 2. The van der Waals surface area contributed by atoms with Gasteiger partial charge < -0.3 is 14.8 Å². The van der Waals surface area contributed by atoms with Crippen LogP contribution in [0, 0.1) is 0 Å². The summed E-state index contributed by atoms with van der Waals surface area (Å²) < 4.78 is 11.0. The van der Waals surface area contributed by atoms with Crippen molar-refractivity contribution in [3.8, 4) is 5.75 Å². The maximum atomic E-state index is 11.5. The summed E-state index contributed by atoms with van der Waals surface area (Å²) in [5.74, 6) is 0.157. The third-order valence-electron chi connectivity index (χ3n) is 2.38. The van der Waals surface area contributed by atoms with E-state index in [1.165, 1.54) is 0 Å². The van der Waals surface area contributed by atoms with Crippen molar-refractivity contribution in [1.82, 2.24) is 5.32 Å². The predicted molar refractivity (Wildman–Crippen MR) is 78.5 cm³/mol. The van der Waals surface area contributed by atoms with E-state index in [1.807, 2.05) is 18.2 Å². The maximum Gasteiger partial charge on any atom is 0.305 e. The number of esters is 1. The molecule has 0 saturated heterocycles. The number of halogens is 1. The van der Waals surface area contributed by atoms with Crippen LogP contribution >= 0.6 is 15.9 Å². The van der Waals surface area contributed by atoms with Crippen molar-refractivity contribution >= 4 is 27.8 Å². The van der Waals surface area contributed by atoms with E-state index >= 15 is 0 Å². The Balaban J connectivity index is 2.15. The minimum Gasteiger partial charge on any atom is -0.483 e. The zero-order chi connectivity index (χ0) is 14.8. The molecule has 0 bridgehead atoms. The van der Waals surface area contributed by atoms with Crippen LogP contribution in [0.3, 0.4) is 0 Å². The van der Waals surface area contributed by atoms with Gasteiger partial charge in [0.15, 0.2) is 6.61 Å². The first-order valence-corrected chi connectivity index (χ1v) is 7.22. The van der Waals surface area contributed by atoms with Crippen molar-refractivity contribution in [3.05, 3.63) is 28.7 Å². The normalized spacial score (nSPS) is 9.90. The van der Waals surface area contributed by atoms with Crippen molar-refractivity contribution in [3.63, 3.8) is 0 Å². The molecule has 0 unspecified atom stereocenters. The van der Waals surface area contributed by atoms with Crippen LogP contribution in [-0.2, 0) is 14.3 Å². The number of carbonyl (C=O) groups is 2. The lowest BCUT2D eigenvalue weighted by atomic mass is 10.3. The predicted octanol–water partition coefficient (Wildman–Crippen LogP) is 2.29. The van der Waals surface area contributed by atoms with Crippen LogP contribution < -0.4 is 10.1 Å². The number of nitrogens with one attached hydrogen (secondary N) is 1. The fourth-order valence-corrected chi connectivity index (χ4v) is 1.85. The average molecular weight is 344 g/mol. The molecule has 0 radical (unpaired) electrons. The van der Waals surface area contributed by atoms with Crippen molar-refractivity contribution in [2.24, 2.45) is 0 Å². The fraction of sp³-hybridized carbons (Fsp3) is 0.429. The molecule has 1 aromatic rings. The Labute approximate surface area is 126 Å². The Morgan fingerprint density at radius 1 is 1.30 bits per heavy atom. The molecule has 0 aromatic heterocycles. The summed E-state index contributed by atoms with van der Waals surface area (Å²) in [4.78, 5) is 22.6. The fourth-order valence-electron chi connectivity index (χ4n) is 1.45. The zero-order valence-corrected chi connectivity index (χ0v) is 12.9. The van der Waals surface area contributed by atoms with Crippen LogP contribution in [0.5, 0.6) is 5.75 Å². The highest BCUT2D eigenvalue weighted by Gasteiger charge is 2.05. The van der Waals surface area contributed by atoms with E-state index in [2.05, 4.69) is 21.2 Å². The van der Waals surface area contributed by atoms with E-state index in [0.717, 1.165) is 4.47 Å². The summed E-state index contributed by atoms with van der Waals surface area (Å²) in [6, 6.07) is 7.31. The molecule has 6 heteroatoms. The van der Waals surface area contributed by atoms with Gasteiger partial charge in [-0.05, 0) is 41.4 Å². The number of hydrogen-bond donors (Lipinski definition) is 1. The first kappa shape index (κ1) is 16.5. The summed E-state index contributed by atoms with van der Waals surface area (Å²) in [5, 5.41) is 2.68. The van der Waals surface area contributed by atoms with E-state index in [9.17, 15) is 9.59 Å². The van der Waals surface area contributed by atoms with Crippen molar-refractivity contribution < 1.29 is 19.1 Å². The third kappa shape index (κ3) is 6.56. The molecule has 20 heavy (non-hydrogen) atoms. The van der Waals surface area contributed by atoms with E-state index in [1.54, 1.807) is 13.0 Å². The molecular weight excluding hydrogens is 326 g/mol. The van der Waals surface area contributed by atoms with Gasteiger partial charge in [0.25, 0.3) is 5.91 Å². The van der Waals surface area contributed by atoms with Crippen LogP contribution in [0.2, 0.25) is 0 Å². The van der Waals surface area contributed by atoms with Crippen LogP contribution in [0.1, 0.15) is 19.8 Å². The van der Waals surface area contributed by atoms with Gasteiger partial charge in [-0.2, -0.15) is 0 Å². The second kappa shape index (κ2) is 9.36. The highest BCUT2D eigenvalue weighted by atomic mass is 79.9. The third-order valence-corrected chi connectivity index (χ3v) is 3.04.